The third kappa shape index (κ3) is 4.47. The monoisotopic (exact) mass is 452 g/mol. The highest BCUT2D eigenvalue weighted by Crippen LogP contribution is 2.32. The molecule has 0 atom stereocenters. The third-order valence-electron chi connectivity index (χ3n) is 4.91. The summed E-state index contributed by atoms with van der Waals surface area (Å²) in [6.07, 6.45) is 5.41. The van der Waals surface area contributed by atoms with Crippen LogP contribution in [0, 0.1) is 6.92 Å². The number of hydrogen-bond donors (Lipinski definition) is 2. The number of nitrogens with zero attached hydrogens (tertiary/aromatic N) is 4. The molecular formula is C21H20N6O2S2. The number of H-pyrrole nitrogens is 1. The molecule has 3 aromatic heterocycles. The van der Waals surface area contributed by atoms with Crippen molar-refractivity contribution in [2.75, 3.05) is 31.6 Å². The van der Waals surface area contributed by atoms with E-state index in [0.29, 0.717) is 11.4 Å². The van der Waals surface area contributed by atoms with Gasteiger partial charge in [-0.2, -0.15) is 5.10 Å². The first kappa shape index (κ1) is 20.1. The molecule has 1 aromatic carbocycles. The topological polar surface area (TPSA) is 96.0 Å². The smallest absolute Gasteiger partial charge is 0.275 e. The molecule has 1 aliphatic heterocycles. The van der Waals surface area contributed by atoms with E-state index in [1.807, 2.05) is 31.5 Å². The van der Waals surface area contributed by atoms with Crippen LogP contribution >= 0.6 is 23.3 Å². The molecule has 0 saturated carbocycles. The van der Waals surface area contributed by atoms with Gasteiger partial charge in [-0.15, -0.1) is 11.3 Å². The highest BCUT2D eigenvalue weighted by Gasteiger charge is 2.15. The lowest BCUT2D eigenvalue weighted by Gasteiger charge is -2.25. The zero-order valence-electron chi connectivity index (χ0n) is 16.8. The molecule has 158 valence electrons. The second kappa shape index (κ2) is 8.75. The number of carbonyl (C=O) groups is 1. The summed E-state index contributed by atoms with van der Waals surface area (Å²) in [5, 5.41) is 13.6. The van der Waals surface area contributed by atoms with Crippen LogP contribution in [0.2, 0.25) is 0 Å². The first-order chi connectivity index (χ1) is 15.2. The number of pyridine rings is 1. The molecule has 1 aliphatic rings. The van der Waals surface area contributed by atoms with Gasteiger partial charge in [0.15, 0.2) is 0 Å². The van der Waals surface area contributed by atoms with Crippen molar-refractivity contribution < 1.29 is 9.53 Å². The molecule has 0 spiro atoms. The number of fused-ring (bicyclic) bond motifs is 1. The van der Waals surface area contributed by atoms with Crippen molar-refractivity contribution in [3.63, 3.8) is 0 Å². The number of aromatic amines is 1. The van der Waals surface area contributed by atoms with Gasteiger partial charge in [-0.3, -0.25) is 14.9 Å². The van der Waals surface area contributed by atoms with Crippen LogP contribution in [0.15, 0.2) is 47.1 Å². The van der Waals surface area contributed by atoms with E-state index < -0.39 is 0 Å². The fourth-order valence-electron chi connectivity index (χ4n) is 3.39. The van der Waals surface area contributed by atoms with E-state index in [9.17, 15) is 4.79 Å². The van der Waals surface area contributed by atoms with Crippen molar-refractivity contribution >= 4 is 45.8 Å². The van der Waals surface area contributed by atoms with Gasteiger partial charge in [0.2, 0.25) is 0 Å². The normalized spacial score (nSPS) is 14.7. The van der Waals surface area contributed by atoms with Gasteiger partial charge in [0, 0.05) is 46.7 Å². The fourth-order valence-corrected chi connectivity index (χ4v) is 4.90. The largest absolute Gasteiger partial charge is 0.379 e. The van der Waals surface area contributed by atoms with Crippen molar-refractivity contribution in [1.29, 1.82) is 0 Å². The lowest BCUT2D eigenvalue weighted by molar-refractivity contribution is 0.0773. The van der Waals surface area contributed by atoms with E-state index in [1.54, 1.807) is 23.5 Å². The molecule has 0 radical (unpaired) electrons. The lowest BCUT2D eigenvalue weighted by atomic mass is 10.0. The molecule has 4 heterocycles. The second-order valence-electron chi connectivity index (χ2n) is 7.10. The van der Waals surface area contributed by atoms with Crippen molar-refractivity contribution in [2.45, 2.75) is 11.8 Å². The van der Waals surface area contributed by atoms with E-state index in [0.717, 1.165) is 58.2 Å². The van der Waals surface area contributed by atoms with Crippen LogP contribution in [0.5, 0.6) is 0 Å². The van der Waals surface area contributed by atoms with Gasteiger partial charge in [-0.25, -0.2) is 9.29 Å². The summed E-state index contributed by atoms with van der Waals surface area (Å²) in [4.78, 5) is 22.5. The van der Waals surface area contributed by atoms with E-state index in [-0.39, 0.29) is 5.91 Å². The number of thiazole rings is 1. The SMILES string of the molecule is Cc1nc(C(=O)Nc2cc(-c3cncc(SN4CCOCC4)c3)cc3[nH]ncc23)cs1. The molecular weight excluding hydrogens is 432 g/mol. The third-order valence-corrected chi connectivity index (χ3v) is 6.74. The van der Waals surface area contributed by atoms with Gasteiger partial charge >= 0.3 is 0 Å². The number of amides is 1. The molecule has 31 heavy (non-hydrogen) atoms. The molecule has 4 aromatic rings. The molecule has 8 nitrogen and oxygen atoms in total. The Morgan fingerprint density at radius 3 is 2.87 bits per heavy atom. The zero-order chi connectivity index (χ0) is 21.2. The van der Waals surface area contributed by atoms with E-state index in [4.69, 9.17) is 4.74 Å². The predicted octanol–water partition coefficient (Wildman–Crippen LogP) is 3.98. The maximum Gasteiger partial charge on any atom is 0.275 e. The van der Waals surface area contributed by atoms with Crippen LogP contribution < -0.4 is 5.32 Å². The number of carbonyl (C=O) groups excluding carboxylic acids is 1. The molecule has 0 bridgehead atoms. The molecule has 1 saturated heterocycles. The van der Waals surface area contributed by atoms with Crippen molar-refractivity contribution in [3.05, 3.63) is 52.9 Å². The molecule has 1 amide bonds. The minimum absolute atomic E-state index is 0.237. The minimum Gasteiger partial charge on any atom is -0.379 e. The van der Waals surface area contributed by atoms with Crippen LogP contribution in [0.1, 0.15) is 15.5 Å². The number of hydrogen-bond acceptors (Lipinski definition) is 8. The predicted molar refractivity (Wildman–Crippen MR) is 122 cm³/mol. The van der Waals surface area contributed by atoms with E-state index >= 15 is 0 Å². The molecule has 0 unspecified atom stereocenters. The summed E-state index contributed by atoms with van der Waals surface area (Å²) in [5.41, 5.74) is 3.85. The van der Waals surface area contributed by atoms with Gasteiger partial charge in [0.25, 0.3) is 5.91 Å². The average Bonchev–Trinajstić information content (AvgIpc) is 3.44. The average molecular weight is 453 g/mol. The molecule has 1 fully saturated rings. The Labute approximate surface area is 187 Å². The number of nitrogens with one attached hydrogen (secondary N) is 2. The number of anilines is 1. The fraction of sp³-hybridized carbons (Fsp3) is 0.238. The Hall–Kier alpha value is -2.79. The molecule has 0 aliphatic carbocycles. The first-order valence-corrected chi connectivity index (χ1v) is 11.5. The number of ether oxygens (including phenoxy) is 1. The van der Waals surface area contributed by atoms with Gasteiger partial charge in [0.1, 0.15) is 5.69 Å². The zero-order valence-corrected chi connectivity index (χ0v) is 18.4. The minimum atomic E-state index is -0.237. The Balaban J connectivity index is 1.45. The van der Waals surface area contributed by atoms with Gasteiger partial charge < -0.3 is 10.1 Å². The van der Waals surface area contributed by atoms with Gasteiger partial charge in [-0.1, -0.05) is 0 Å². The number of benzene rings is 1. The number of aryl methyl sites for hydroxylation is 1. The summed E-state index contributed by atoms with van der Waals surface area (Å²) in [5.74, 6) is -0.237. The standard InChI is InChI=1S/C21H20N6O2S2/c1-13-24-20(12-30-13)21(28)25-18-7-14(8-19-17(18)11-23-26-19)15-6-16(10-22-9-15)31-27-2-4-29-5-3-27/h6-12H,2-5H2,1H3,(H,23,26)(H,25,28). The van der Waals surface area contributed by atoms with Crippen LogP contribution in [0.4, 0.5) is 5.69 Å². The number of morpholine rings is 1. The van der Waals surface area contributed by atoms with E-state index in [1.165, 1.54) is 11.3 Å². The van der Waals surface area contributed by atoms with Gasteiger partial charge in [0.05, 0.1) is 35.6 Å². The van der Waals surface area contributed by atoms with Crippen LogP contribution in [0.3, 0.4) is 0 Å². The summed E-state index contributed by atoms with van der Waals surface area (Å²) in [7, 11) is 0. The van der Waals surface area contributed by atoms with Crippen LogP contribution in [-0.4, -0.2) is 56.7 Å². The van der Waals surface area contributed by atoms with Crippen LogP contribution in [0.25, 0.3) is 22.0 Å². The number of aromatic nitrogens is 4. The maximum absolute atomic E-state index is 12.7. The van der Waals surface area contributed by atoms with Crippen molar-refractivity contribution in [2.24, 2.45) is 0 Å². The summed E-state index contributed by atoms with van der Waals surface area (Å²) < 4.78 is 7.71. The molecule has 10 heteroatoms. The maximum atomic E-state index is 12.7. The van der Waals surface area contributed by atoms with Crippen LogP contribution in [-0.2, 0) is 4.74 Å². The summed E-state index contributed by atoms with van der Waals surface area (Å²) in [6, 6.07) is 6.08. The van der Waals surface area contributed by atoms with Crippen molar-refractivity contribution in [1.82, 2.24) is 24.5 Å². The van der Waals surface area contributed by atoms with Crippen molar-refractivity contribution in [3.8, 4) is 11.1 Å². The molecule has 5 rings (SSSR count). The number of rotatable bonds is 5. The highest BCUT2D eigenvalue weighted by molar-refractivity contribution is 7.97. The van der Waals surface area contributed by atoms with E-state index in [2.05, 4.69) is 35.9 Å². The summed E-state index contributed by atoms with van der Waals surface area (Å²) >= 11 is 3.14. The Kier molecular flexibility index (Phi) is 5.68. The quantitative estimate of drug-likeness (QED) is 0.442. The summed E-state index contributed by atoms with van der Waals surface area (Å²) in [6.45, 7) is 5.16. The first-order valence-electron chi connectivity index (χ1n) is 9.82. The Morgan fingerprint density at radius 1 is 1.19 bits per heavy atom. The highest BCUT2D eigenvalue weighted by atomic mass is 32.2. The molecule has 2 N–H and O–H groups in total. The Bertz CT molecular complexity index is 1230. The van der Waals surface area contributed by atoms with Gasteiger partial charge in [-0.05, 0) is 42.6 Å². The lowest BCUT2D eigenvalue weighted by Crippen LogP contribution is -2.30. The Morgan fingerprint density at radius 2 is 2.06 bits per heavy atom. The second-order valence-corrected chi connectivity index (χ2v) is 9.34.